The summed E-state index contributed by atoms with van der Waals surface area (Å²) in [6.07, 6.45) is 3.87. The molecule has 1 amide bonds. The number of rotatable bonds is 2. The largest absolute Gasteiger partial charge is 0.336 e. The summed E-state index contributed by atoms with van der Waals surface area (Å²) in [7, 11) is 0. The van der Waals surface area contributed by atoms with Crippen molar-refractivity contribution in [2.75, 3.05) is 13.1 Å². The molecule has 27 heavy (non-hydrogen) atoms. The Balaban J connectivity index is 1.59. The van der Waals surface area contributed by atoms with Crippen LogP contribution in [-0.2, 0) is 0 Å². The van der Waals surface area contributed by atoms with Gasteiger partial charge < -0.3 is 9.88 Å². The number of aromatic nitrogens is 4. The van der Waals surface area contributed by atoms with Crippen molar-refractivity contribution in [3.05, 3.63) is 69.1 Å². The molecule has 2 aromatic heterocycles. The molecule has 1 saturated heterocycles. The number of hydrogen-bond donors (Lipinski definition) is 1. The maximum Gasteiger partial charge on any atom is 0.329 e. The molecule has 4 rings (SSSR count). The molecule has 138 valence electrons. The number of likely N-dealkylation sites (tertiary alicyclic amines) is 1. The summed E-state index contributed by atoms with van der Waals surface area (Å²) in [5, 5.41) is 0.130. The van der Waals surface area contributed by atoms with Crippen molar-refractivity contribution in [1.82, 2.24) is 24.4 Å². The highest BCUT2D eigenvalue weighted by Crippen LogP contribution is 2.21. The quantitative estimate of drug-likeness (QED) is 0.729. The first-order valence-corrected chi connectivity index (χ1v) is 8.55. The molecule has 0 atom stereocenters. The average molecular weight is 369 g/mol. The molecule has 0 aliphatic carbocycles. The third-order valence-electron chi connectivity index (χ3n) is 4.77. The smallest absolute Gasteiger partial charge is 0.329 e. The number of hydrogen-bond acceptors (Lipinski definition) is 5. The van der Waals surface area contributed by atoms with E-state index in [4.69, 9.17) is 0 Å². The second-order valence-electron chi connectivity index (χ2n) is 6.39. The molecule has 0 bridgehead atoms. The minimum absolute atomic E-state index is 0.118. The molecule has 1 aromatic carbocycles. The number of amides is 1. The van der Waals surface area contributed by atoms with Crippen LogP contribution < -0.4 is 11.2 Å². The van der Waals surface area contributed by atoms with E-state index in [0.717, 1.165) is 10.6 Å². The predicted molar refractivity (Wildman–Crippen MR) is 95.0 cm³/mol. The van der Waals surface area contributed by atoms with Gasteiger partial charge in [0.05, 0.1) is 10.9 Å². The predicted octanol–water partition coefficient (Wildman–Crippen LogP) is 1.10. The van der Waals surface area contributed by atoms with Crippen LogP contribution >= 0.6 is 0 Å². The highest BCUT2D eigenvalue weighted by molar-refractivity contribution is 5.90. The van der Waals surface area contributed by atoms with Crippen molar-refractivity contribution < 1.29 is 9.18 Å². The number of H-pyrrole nitrogens is 1. The standard InChI is InChI=1S/C18H16FN5O3/c19-11-2-3-14-13(10-11)16(25)24(18(27)22-14)12-4-8-23(9-5-12)17(26)15-20-6-1-7-21-15/h1-3,6-7,10,12H,4-5,8-9H2,(H,22,27). The Morgan fingerprint density at radius 1 is 1.15 bits per heavy atom. The Morgan fingerprint density at radius 2 is 1.85 bits per heavy atom. The van der Waals surface area contributed by atoms with Gasteiger partial charge in [-0.2, -0.15) is 0 Å². The van der Waals surface area contributed by atoms with Crippen LogP contribution in [0.25, 0.3) is 10.9 Å². The zero-order valence-electron chi connectivity index (χ0n) is 14.3. The van der Waals surface area contributed by atoms with E-state index < -0.39 is 17.1 Å². The lowest BCUT2D eigenvalue weighted by molar-refractivity contribution is 0.0679. The van der Waals surface area contributed by atoms with Gasteiger partial charge in [-0.1, -0.05) is 0 Å². The van der Waals surface area contributed by atoms with Crippen LogP contribution in [0, 0.1) is 5.82 Å². The number of carbonyl (C=O) groups excluding carboxylic acids is 1. The van der Waals surface area contributed by atoms with Gasteiger partial charge in [0.2, 0.25) is 5.82 Å². The van der Waals surface area contributed by atoms with Crippen LogP contribution in [0.1, 0.15) is 29.5 Å². The molecule has 3 heterocycles. The fourth-order valence-corrected chi connectivity index (χ4v) is 3.41. The Labute approximate surface area is 152 Å². The molecule has 8 nitrogen and oxygen atoms in total. The van der Waals surface area contributed by atoms with Gasteiger partial charge in [-0.15, -0.1) is 0 Å². The highest BCUT2D eigenvalue weighted by atomic mass is 19.1. The number of carbonyl (C=O) groups is 1. The summed E-state index contributed by atoms with van der Waals surface area (Å²) < 4.78 is 14.6. The average Bonchev–Trinajstić information content (AvgIpc) is 2.69. The van der Waals surface area contributed by atoms with Crippen LogP contribution in [0.5, 0.6) is 0 Å². The van der Waals surface area contributed by atoms with Crippen LogP contribution in [0.3, 0.4) is 0 Å². The Kier molecular flexibility index (Phi) is 4.27. The first-order chi connectivity index (χ1) is 13.0. The van der Waals surface area contributed by atoms with Gasteiger partial charge in [0.1, 0.15) is 5.82 Å². The SMILES string of the molecule is O=C(c1ncccn1)N1CCC(n2c(=O)[nH]c3ccc(F)cc3c2=O)CC1. The fraction of sp³-hybridized carbons (Fsp3) is 0.278. The molecular weight excluding hydrogens is 353 g/mol. The fourth-order valence-electron chi connectivity index (χ4n) is 3.41. The van der Waals surface area contributed by atoms with Crippen molar-refractivity contribution >= 4 is 16.8 Å². The molecule has 9 heteroatoms. The van der Waals surface area contributed by atoms with E-state index >= 15 is 0 Å². The molecule has 1 aliphatic heterocycles. The molecule has 3 aromatic rings. The highest BCUT2D eigenvalue weighted by Gasteiger charge is 2.27. The number of nitrogens with one attached hydrogen (secondary N) is 1. The number of benzene rings is 1. The zero-order valence-corrected chi connectivity index (χ0v) is 14.3. The van der Waals surface area contributed by atoms with Crippen LogP contribution in [0.4, 0.5) is 4.39 Å². The molecule has 1 N–H and O–H groups in total. The van der Waals surface area contributed by atoms with Gasteiger partial charge in [0.25, 0.3) is 11.5 Å². The first kappa shape index (κ1) is 17.1. The van der Waals surface area contributed by atoms with Crippen LogP contribution in [0.15, 0.2) is 46.2 Å². The number of aromatic amines is 1. The van der Waals surface area contributed by atoms with E-state index in [0.29, 0.717) is 31.4 Å². The van der Waals surface area contributed by atoms with Gasteiger partial charge in [0.15, 0.2) is 0 Å². The van der Waals surface area contributed by atoms with Crippen molar-refractivity contribution in [2.45, 2.75) is 18.9 Å². The van der Waals surface area contributed by atoms with Gasteiger partial charge in [-0.25, -0.2) is 19.2 Å². The normalized spacial score (nSPS) is 15.2. The van der Waals surface area contributed by atoms with Gasteiger partial charge >= 0.3 is 5.69 Å². The summed E-state index contributed by atoms with van der Waals surface area (Å²) >= 11 is 0. The van der Waals surface area contributed by atoms with E-state index in [1.165, 1.54) is 24.5 Å². The third kappa shape index (κ3) is 3.12. The minimum Gasteiger partial charge on any atom is -0.336 e. The van der Waals surface area contributed by atoms with Crippen LogP contribution in [0.2, 0.25) is 0 Å². The number of halogens is 1. The second-order valence-corrected chi connectivity index (χ2v) is 6.39. The molecule has 0 saturated carbocycles. The molecule has 0 spiro atoms. The molecule has 0 unspecified atom stereocenters. The van der Waals surface area contributed by atoms with Crippen molar-refractivity contribution in [3.63, 3.8) is 0 Å². The van der Waals surface area contributed by atoms with E-state index in [2.05, 4.69) is 15.0 Å². The van der Waals surface area contributed by atoms with Crippen molar-refractivity contribution in [3.8, 4) is 0 Å². The van der Waals surface area contributed by atoms with Crippen molar-refractivity contribution in [2.24, 2.45) is 0 Å². The van der Waals surface area contributed by atoms with Gasteiger partial charge in [-0.3, -0.25) is 14.2 Å². The maximum absolute atomic E-state index is 13.5. The van der Waals surface area contributed by atoms with E-state index in [1.54, 1.807) is 11.0 Å². The van der Waals surface area contributed by atoms with Crippen LogP contribution in [-0.4, -0.2) is 43.4 Å². The van der Waals surface area contributed by atoms with E-state index in [-0.39, 0.29) is 23.2 Å². The monoisotopic (exact) mass is 369 g/mol. The molecule has 1 aliphatic rings. The summed E-state index contributed by atoms with van der Waals surface area (Å²) in [6, 6.07) is 4.95. The summed E-state index contributed by atoms with van der Waals surface area (Å²) in [5.74, 6) is -0.704. The summed E-state index contributed by atoms with van der Waals surface area (Å²) in [5.41, 5.74) is -0.754. The Hall–Kier alpha value is -3.36. The minimum atomic E-state index is -0.540. The maximum atomic E-state index is 13.5. The Morgan fingerprint density at radius 3 is 2.56 bits per heavy atom. The summed E-state index contributed by atoms with van der Waals surface area (Å²) in [6.45, 7) is 0.740. The lowest BCUT2D eigenvalue weighted by Crippen LogP contribution is -2.45. The number of piperidine rings is 1. The topological polar surface area (TPSA) is 101 Å². The third-order valence-corrected chi connectivity index (χ3v) is 4.77. The molecule has 1 fully saturated rings. The zero-order chi connectivity index (χ0) is 19.0. The summed E-state index contributed by atoms with van der Waals surface area (Å²) in [4.78, 5) is 49.6. The molecular formula is C18H16FN5O3. The molecule has 0 radical (unpaired) electrons. The van der Waals surface area contributed by atoms with Crippen molar-refractivity contribution in [1.29, 1.82) is 0 Å². The van der Waals surface area contributed by atoms with Gasteiger partial charge in [0, 0.05) is 31.5 Å². The van der Waals surface area contributed by atoms with Gasteiger partial charge in [-0.05, 0) is 37.1 Å². The second kappa shape index (κ2) is 6.75. The number of fused-ring (bicyclic) bond motifs is 1. The lowest BCUT2D eigenvalue weighted by Gasteiger charge is -2.32. The lowest BCUT2D eigenvalue weighted by atomic mass is 10.0. The Bertz CT molecular complexity index is 1120. The first-order valence-electron chi connectivity index (χ1n) is 8.55. The van der Waals surface area contributed by atoms with E-state index in [1.807, 2.05) is 0 Å². The number of nitrogens with zero attached hydrogens (tertiary/aromatic N) is 4. The van der Waals surface area contributed by atoms with E-state index in [9.17, 15) is 18.8 Å².